The summed E-state index contributed by atoms with van der Waals surface area (Å²) in [5, 5.41) is -3.22. The Morgan fingerprint density at radius 1 is 0.958 bits per heavy atom. The molecule has 3 aromatic rings. The predicted octanol–water partition coefficient (Wildman–Crippen LogP) is 5.55. The van der Waals surface area contributed by atoms with Gasteiger partial charge in [-0.1, -0.05) is 30.3 Å². The molecule has 0 bridgehead atoms. The van der Waals surface area contributed by atoms with E-state index in [1.807, 2.05) is 49.4 Å². The molecule has 2 N–H and O–H groups in total. The standard InChI is InChI=1S/C15H13N3O.Cl3OP/c1-10-9-12(7-8-16-10)14-13(17-15(19)18-14)11-5-3-2-4-6-11;1-5(2,3)4/h2-9H,1H3,(H2,17,18,19);. The van der Waals surface area contributed by atoms with Crippen molar-refractivity contribution in [2.75, 3.05) is 0 Å². The van der Waals surface area contributed by atoms with Crippen molar-refractivity contribution in [3.05, 3.63) is 64.8 Å². The van der Waals surface area contributed by atoms with E-state index in [-0.39, 0.29) is 5.69 Å². The molecule has 0 aliphatic carbocycles. The summed E-state index contributed by atoms with van der Waals surface area (Å²) < 4.78 is 9.51. The van der Waals surface area contributed by atoms with E-state index in [4.69, 9.17) is 0 Å². The van der Waals surface area contributed by atoms with Crippen LogP contribution in [0.2, 0.25) is 0 Å². The molecule has 0 unspecified atom stereocenters. The lowest BCUT2D eigenvalue weighted by atomic mass is 10.1. The van der Waals surface area contributed by atoms with Crippen LogP contribution < -0.4 is 5.69 Å². The lowest BCUT2D eigenvalue weighted by Crippen LogP contribution is -2.00. The minimum atomic E-state index is -3.22. The molecule has 2 aromatic heterocycles. The van der Waals surface area contributed by atoms with Gasteiger partial charge in [-0.2, -0.15) is 0 Å². The Balaban J connectivity index is 0.000000368. The lowest BCUT2D eigenvalue weighted by molar-refractivity contribution is 0.600. The first-order chi connectivity index (χ1) is 11.2. The van der Waals surface area contributed by atoms with Crippen LogP contribution in [0.3, 0.4) is 0 Å². The van der Waals surface area contributed by atoms with Gasteiger partial charge in [0, 0.05) is 23.0 Å². The molecule has 0 aliphatic rings. The molecule has 0 atom stereocenters. The van der Waals surface area contributed by atoms with E-state index in [2.05, 4.69) is 48.7 Å². The number of aryl methyl sites for hydroxylation is 1. The van der Waals surface area contributed by atoms with Crippen LogP contribution in [0, 0.1) is 6.92 Å². The number of nitrogens with one attached hydrogen (secondary N) is 2. The number of H-pyrrole nitrogens is 2. The minimum absolute atomic E-state index is 0.205. The third-order valence-electron chi connectivity index (χ3n) is 2.97. The van der Waals surface area contributed by atoms with Crippen LogP contribution in [-0.4, -0.2) is 15.0 Å². The maximum absolute atomic E-state index is 11.6. The average Bonchev–Trinajstić information content (AvgIpc) is 2.88. The van der Waals surface area contributed by atoms with Crippen LogP contribution in [-0.2, 0) is 4.57 Å². The number of hydrogen-bond acceptors (Lipinski definition) is 3. The molecule has 0 radical (unpaired) electrons. The summed E-state index contributed by atoms with van der Waals surface area (Å²) in [6, 6.07) is 13.6. The summed E-state index contributed by atoms with van der Waals surface area (Å²) in [6.07, 6.45) is 1.74. The zero-order valence-electron chi connectivity index (χ0n) is 12.5. The molecule has 126 valence electrons. The summed E-state index contributed by atoms with van der Waals surface area (Å²) in [4.78, 5) is 21.5. The molecule has 24 heavy (non-hydrogen) atoms. The molecule has 0 aliphatic heterocycles. The fourth-order valence-electron chi connectivity index (χ4n) is 2.12. The first-order valence-electron chi connectivity index (χ1n) is 6.74. The molecule has 0 saturated carbocycles. The van der Waals surface area contributed by atoms with Gasteiger partial charge in [-0.25, -0.2) is 4.79 Å². The number of rotatable bonds is 2. The molecule has 5 nitrogen and oxygen atoms in total. The van der Waals surface area contributed by atoms with E-state index in [9.17, 15) is 9.36 Å². The Morgan fingerprint density at radius 2 is 1.50 bits per heavy atom. The Bertz CT molecular complexity index is 911. The summed E-state index contributed by atoms with van der Waals surface area (Å²) >= 11 is 13.8. The fourth-order valence-corrected chi connectivity index (χ4v) is 2.12. The van der Waals surface area contributed by atoms with Gasteiger partial charge in [0.1, 0.15) is 0 Å². The van der Waals surface area contributed by atoms with Gasteiger partial charge < -0.3 is 9.97 Å². The van der Waals surface area contributed by atoms with Crippen molar-refractivity contribution >= 4 is 38.9 Å². The molecule has 0 amide bonds. The van der Waals surface area contributed by atoms with Gasteiger partial charge in [-0.05, 0) is 52.8 Å². The predicted molar refractivity (Wildman–Crippen MR) is 100.0 cm³/mol. The van der Waals surface area contributed by atoms with Crippen molar-refractivity contribution in [1.82, 2.24) is 15.0 Å². The Morgan fingerprint density at radius 3 is 2.04 bits per heavy atom. The smallest absolute Gasteiger partial charge is 0.305 e. The van der Waals surface area contributed by atoms with Gasteiger partial charge in [0.15, 0.2) is 0 Å². The lowest BCUT2D eigenvalue weighted by Gasteiger charge is -2.04. The van der Waals surface area contributed by atoms with Gasteiger partial charge in [-0.15, -0.1) is 0 Å². The molecular formula is C15H13Cl3N3O2P. The molecule has 2 heterocycles. The fraction of sp³-hybridized carbons (Fsp3) is 0.0667. The van der Waals surface area contributed by atoms with Crippen molar-refractivity contribution in [3.63, 3.8) is 0 Å². The van der Waals surface area contributed by atoms with Gasteiger partial charge in [0.25, 0.3) is 0 Å². The van der Waals surface area contributed by atoms with Crippen LogP contribution >= 0.6 is 38.9 Å². The maximum Gasteiger partial charge on any atom is 0.339 e. The number of aromatic amines is 2. The van der Waals surface area contributed by atoms with Gasteiger partial charge in [-0.3, -0.25) is 9.55 Å². The molecular weight excluding hydrogens is 392 g/mol. The van der Waals surface area contributed by atoms with Crippen LogP contribution in [0.25, 0.3) is 22.5 Å². The molecule has 0 fully saturated rings. The molecule has 0 saturated heterocycles. The minimum Gasteiger partial charge on any atom is -0.305 e. The van der Waals surface area contributed by atoms with E-state index < -0.39 is 5.20 Å². The highest BCUT2D eigenvalue weighted by molar-refractivity contribution is 8.24. The third kappa shape index (κ3) is 5.84. The molecule has 9 heteroatoms. The number of hydrogen-bond donors (Lipinski definition) is 2. The van der Waals surface area contributed by atoms with Crippen molar-refractivity contribution in [2.45, 2.75) is 6.92 Å². The van der Waals surface area contributed by atoms with E-state index in [1.54, 1.807) is 6.20 Å². The van der Waals surface area contributed by atoms with E-state index in [0.29, 0.717) is 0 Å². The summed E-state index contributed by atoms with van der Waals surface area (Å²) in [5.74, 6) is 0. The number of benzene rings is 1. The van der Waals surface area contributed by atoms with E-state index in [0.717, 1.165) is 28.2 Å². The first-order valence-corrected chi connectivity index (χ1v) is 11.2. The number of aromatic nitrogens is 3. The van der Waals surface area contributed by atoms with Crippen molar-refractivity contribution in [1.29, 1.82) is 0 Å². The quantitative estimate of drug-likeness (QED) is 0.549. The van der Waals surface area contributed by atoms with Gasteiger partial charge >= 0.3 is 10.9 Å². The second-order valence-electron chi connectivity index (χ2n) is 4.78. The van der Waals surface area contributed by atoms with E-state index in [1.165, 1.54) is 0 Å². The largest absolute Gasteiger partial charge is 0.339 e. The molecule has 3 rings (SSSR count). The van der Waals surface area contributed by atoms with Crippen LogP contribution in [0.1, 0.15) is 5.69 Å². The average molecular weight is 405 g/mol. The Hall–Kier alpha value is -1.52. The Kier molecular flexibility index (Phi) is 6.30. The highest BCUT2D eigenvalue weighted by Gasteiger charge is 2.11. The molecule has 0 spiro atoms. The van der Waals surface area contributed by atoms with Crippen molar-refractivity contribution in [2.24, 2.45) is 0 Å². The second kappa shape index (κ2) is 8.04. The number of nitrogens with zero attached hydrogens (tertiary/aromatic N) is 1. The van der Waals surface area contributed by atoms with Gasteiger partial charge in [0.2, 0.25) is 0 Å². The maximum atomic E-state index is 11.6. The third-order valence-corrected chi connectivity index (χ3v) is 2.97. The zero-order chi connectivity index (χ0) is 17.7. The van der Waals surface area contributed by atoms with Crippen LogP contribution in [0.15, 0.2) is 53.5 Å². The van der Waals surface area contributed by atoms with Crippen LogP contribution in [0.4, 0.5) is 0 Å². The first kappa shape index (κ1) is 18.8. The summed E-state index contributed by atoms with van der Waals surface area (Å²) in [6.45, 7) is 1.93. The Labute approximate surface area is 152 Å². The zero-order valence-corrected chi connectivity index (χ0v) is 15.6. The second-order valence-corrected chi connectivity index (χ2v) is 11.4. The normalized spacial score (nSPS) is 10.8. The number of imidazole rings is 1. The topological polar surface area (TPSA) is 78.6 Å². The van der Waals surface area contributed by atoms with Crippen molar-refractivity contribution in [3.8, 4) is 22.5 Å². The molecule has 1 aromatic carbocycles. The van der Waals surface area contributed by atoms with Gasteiger partial charge in [0.05, 0.1) is 11.4 Å². The highest BCUT2D eigenvalue weighted by atomic mass is 36.0. The SMILES string of the molecule is Cc1cc(-c2[nH]c(=O)[nH]c2-c2ccccc2)ccn1.O=P(Cl)(Cl)Cl. The monoisotopic (exact) mass is 403 g/mol. The van der Waals surface area contributed by atoms with Crippen molar-refractivity contribution < 1.29 is 4.57 Å². The highest BCUT2D eigenvalue weighted by Crippen LogP contribution is 2.61. The van der Waals surface area contributed by atoms with Crippen LogP contribution in [0.5, 0.6) is 0 Å². The summed E-state index contributed by atoms with van der Waals surface area (Å²) in [5.41, 5.74) is 4.23. The number of halogens is 3. The summed E-state index contributed by atoms with van der Waals surface area (Å²) in [7, 11) is 0. The van der Waals surface area contributed by atoms with E-state index >= 15 is 0 Å². The number of pyridine rings is 1.